The van der Waals surface area contributed by atoms with Gasteiger partial charge in [-0.1, -0.05) is 75.7 Å². The van der Waals surface area contributed by atoms with E-state index in [1.54, 1.807) is 5.57 Å². The minimum Gasteiger partial charge on any atom is -0.468 e. The Labute approximate surface area is 199 Å². The Morgan fingerprint density at radius 1 is 0.879 bits per heavy atom. The second-order valence-electron chi connectivity index (χ2n) is 9.95. The predicted molar refractivity (Wildman–Crippen MR) is 134 cm³/mol. The van der Waals surface area contributed by atoms with Crippen LogP contribution in [0.3, 0.4) is 0 Å². The first kappa shape index (κ1) is 23.6. The van der Waals surface area contributed by atoms with Gasteiger partial charge >= 0.3 is 0 Å². The van der Waals surface area contributed by atoms with E-state index in [1.165, 1.54) is 6.42 Å². The topological polar surface area (TPSA) is 27.7 Å². The lowest BCUT2D eigenvalue weighted by molar-refractivity contribution is -0.124. The van der Waals surface area contributed by atoms with E-state index in [4.69, 9.17) is 14.2 Å². The van der Waals surface area contributed by atoms with E-state index in [1.807, 2.05) is 31.2 Å². The van der Waals surface area contributed by atoms with Gasteiger partial charge in [0.15, 0.2) is 0 Å². The van der Waals surface area contributed by atoms with Gasteiger partial charge < -0.3 is 14.2 Å². The number of allylic oxidation sites excluding steroid dienone is 4. The summed E-state index contributed by atoms with van der Waals surface area (Å²) in [5.41, 5.74) is 3.78. The van der Waals surface area contributed by atoms with Gasteiger partial charge in [-0.3, -0.25) is 0 Å². The highest BCUT2D eigenvalue weighted by Crippen LogP contribution is 2.47. The van der Waals surface area contributed by atoms with Crippen LogP contribution in [0.1, 0.15) is 70.9 Å². The fraction of sp³-hybridized carbons (Fsp3) is 0.467. The van der Waals surface area contributed by atoms with Gasteiger partial charge in [0.1, 0.15) is 11.5 Å². The van der Waals surface area contributed by atoms with Crippen molar-refractivity contribution >= 4 is 0 Å². The molecule has 4 rings (SSSR count). The molecular weight excluding hydrogens is 408 g/mol. The van der Waals surface area contributed by atoms with Gasteiger partial charge in [-0.25, -0.2) is 0 Å². The molecule has 0 N–H and O–H groups in total. The Balaban J connectivity index is 1.61. The van der Waals surface area contributed by atoms with Crippen LogP contribution in [0.15, 0.2) is 72.0 Å². The summed E-state index contributed by atoms with van der Waals surface area (Å²) in [7, 11) is 0. The molecule has 0 saturated heterocycles. The number of hydrogen-bond donors (Lipinski definition) is 0. The molecule has 3 heteroatoms. The minimum absolute atomic E-state index is 0.0401. The highest BCUT2D eigenvalue weighted by atomic mass is 16.7. The van der Waals surface area contributed by atoms with Crippen LogP contribution in [0.5, 0.6) is 11.5 Å². The van der Waals surface area contributed by atoms with E-state index < -0.39 is 6.29 Å². The summed E-state index contributed by atoms with van der Waals surface area (Å²) in [6.07, 6.45) is 7.30. The van der Waals surface area contributed by atoms with Crippen LogP contribution in [-0.4, -0.2) is 12.9 Å². The van der Waals surface area contributed by atoms with E-state index in [9.17, 15) is 0 Å². The maximum atomic E-state index is 6.59. The summed E-state index contributed by atoms with van der Waals surface area (Å²) < 4.78 is 19.0. The molecule has 2 aliphatic rings. The van der Waals surface area contributed by atoms with Crippen molar-refractivity contribution in [1.29, 1.82) is 0 Å². The molecule has 0 spiro atoms. The van der Waals surface area contributed by atoms with Crippen molar-refractivity contribution in [1.82, 2.24) is 0 Å². The third-order valence-electron chi connectivity index (χ3n) is 6.75. The Kier molecular flexibility index (Phi) is 7.60. The first-order chi connectivity index (χ1) is 16.0. The molecule has 0 aromatic heterocycles. The molecule has 0 bridgehead atoms. The number of rotatable bonds is 9. The van der Waals surface area contributed by atoms with E-state index in [0.717, 1.165) is 41.2 Å². The summed E-state index contributed by atoms with van der Waals surface area (Å²) in [6.45, 7) is 11.9. The van der Waals surface area contributed by atoms with E-state index >= 15 is 0 Å². The lowest BCUT2D eigenvalue weighted by Gasteiger charge is -2.35. The Hall–Kier alpha value is -2.52. The van der Waals surface area contributed by atoms with Crippen LogP contribution < -0.4 is 4.74 Å². The SMILES string of the molecule is CCOC(OC1=CC=C(C(CC(C)C)C(C)C)CC1)C1c2ccccc2Oc2ccccc21. The van der Waals surface area contributed by atoms with Crippen molar-refractivity contribution in [3.05, 3.63) is 83.1 Å². The Morgan fingerprint density at radius 3 is 2.03 bits per heavy atom. The Bertz CT molecular complexity index is 956. The van der Waals surface area contributed by atoms with Crippen molar-refractivity contribution in [3.63, 3.8) is 0 Å². The molecule has 176 valence electrons. The van der Waals surface area contributed by atoms with Gasteiger partial charge in [0.2, 0.25) is 6.29 Å². The fourth-order valence-corrected chi connectivity index (χ4v) is 5.15. The minimum atomic E-state index is -0.404. The molecule has 2 unspecified atom stereocenters. The standard InChI is InChI=1S/C30H38O3/c1-6-31-30(32-23-17-15-22(16-18-23)26(21(4)5)19-20(2)3)29-24-11-7-9-13-27(24)33-28-14-10-8-12-25(28)29/h7-15,17,20-21,26,29-30H,6,16,18-19H2,1-5H3. The number of fused-ring (bicyclic) bond motifs is 2. The maximum Gasteiger partial charge on any atom is 0.210 e. The molecule has 0 radical (unpaired) electrons. The lowest BCUT2D eigenvalue weighted by Crippen LogP contribution is -2.29. The molecule has 1 heterocycles. The van der Waals surface area contributed by atoms with Gasteiger partial charge in [0.05, 0.1) is 11.7 Å². The molecular formula is C30H38O3. The number of para-hydroxylation sites is 2. The number of ether oxygens (including phenoxy) is 3. The van der Waals surface area contributed by atoms with Gasteiger partial charge in [-0.15, -0.1) is 0 Å². The predicted octanol–water partition coefficient (Wildman–Crippen LogP) is 8.23. The second-order valence-corrected chi connectivity index (χ2v) is 9.95. The first-order valence-corrected chi connectivity index (χ1v) is 12.5. The summed E-state index contributed by atoms with van der Waals surface area (Å²) in [4.78, 5) is 0. The summed E-state index contributed by atoms with van der Waals surface area (Å²) in [5.74, 6) is 4.72. The van der Waals surface area contributed by atoms with Crippen molar-refractivity contribution in [2.45, 2.75) is 66.1 Å². The normalized spacial score (nSPS) is 17.5. The molecule has 0 amide bonds. The molecule has 0 fully saturated rings. The van der Waals surface area contributed by atoms with Crippen molar-refractivity contribution in [2.24, 2.45) is 17.8 Å². The van der Waals surface area contributed by atoms with Crippen LogP contribution in [0.4, 0.5) is 0 Å². The van der Waals surface area contributed by atoms with Gasteiger partial charge in [-0.2, -0.15) is 0 Å². The largest absolute Gasteiger partial charge is 0.468 e. The third-order valence-corrected chi connectivity index (χ3v) is 6.75. The smallest absolute Gasteiger partial charge is 0.210 e. The molecule has 33 heavy (non-hydrogen) atoms. The van der Waals surface area contributed by atoms with Gasteiger partial charge in [0, 0.05) is 24.2 Å². The third kappa shape index (κ3) is 5.35. The highest BCUT2D eigenvalue weighted by Gasteiger charge is 2.36. The van der Waals surface area contributed by atoms with E-state index in [-0.39, 0.29) is 5.92 Å². The monoisotopic (exact) mass is 446 g/mol. The summed E-state index contributed by atoms with van der Waals surface area (Å²) in [5, 5.41) is 0. The van der Waals surface area contributed by atoms with Gasteiger partial charge in [0.25, 0.3) is 0 Å². The van der Waals surface area contributed by atoms with Crippen LogP contribution in [-0.2, 0) is 9.47 Å². The van der Waals surface area contributed by atoms with Crippen LogP contribution in [0.2, 0.25) is 0 Å². The maximum absolute atomic E-state index is 6.59. The molecule has 1 aliphatic carbocycles. The highest BCUT2D eigenvalue weighted by molar-refractivity contribution is 5.53. The zero-order chi connectivity index (χ0) is 23.4. The molecule has 0 saturated carbocycles. The number of benzene rings is 2. The quantitative estimate of drug-likeness (QED) is 0.363. The lowest BCUT2D eigenvalue weighted by atomic mass is 9.79. The molecule has 1 aliphatic heterocycles. The van der Waals surface area contributed by atoms with Crippen LogP contribution >= 0.6 is 0 Å². The summed E-state index contributed by atoms with van der Waals surface area (Å²) in [6, 6.07) is 16.4. The van der Waals surface area contributed by atoms with Crippen molar-refractivity contribution < 1.29 is 14.2 Å². The first-order valence-electron chi connectivity index (χ1n) is 12.5. The molecule has 2 aromatic carbocycles. The van der Waals surface area contributed by atoms with Crippen molar-refractivity contribution in [2.75, 3.05) is 6.61 Å². The van der Waals surface area contributed by atoms with E-state index in [0.29, 0.717) is 24.4 Å². The van der Waals surface area contributed by atoms with Crippen LogP contribution in [0, 0.1) is 17.8 Å². The second kappa shape index (κ2) is 10.6. The zero-order valence-corrected chi connectivity index (χ0v) is 20.7. The fourth-order valence-electron chi connectivity index (χ4n) is 5.15. The Morgan fingerprint density at radius 2 is 1.52 bits per heavy atom. The average molecular weight is 447 g/mol. The van der Waals surface area contributed by atoms with E-state index in [2.05, 4.69) is 64.1 Å². The summed E-state index contributed by atoms with van der Waals surface area (Å²) >= 11 is 0. The molecule has 2 atom stereocenters. The molecule has 3 nitrogen and oxygen atoms in total. The van der Waals surface area contributed by atoms with Crippen LogP contribution in [0.25, 0.3) is 0 Å². The molecule has 2 aromatic rings. The number of hydrogen-bond acceptors (Lipinski definition) is 3. The van der Waals surface area contributed by atoms with Gasteiger partial charge in [-0.05, 0) is 55.7 Å². The van der Waals surface area contributed by atoms with Crippen molar-refractivity contribution in [3.8, 4) is 11.5 Å². The average Bonchev–Trinajstić information content (AvgIpc) is 2.81. The zero-order valence-electron chi connectivity index (χ0n) is 20.7.